The maximum absolute atomic E-state index is 12.5. The number of hydrogen-bond donors (Lipinski definition) is 0. The number of nitrogens with zero attached hydrogens (tertiary/aromatic N) is 2. The number of hydrogen-bond acceptors (Lipinski definition) is 10. The van der Waals surface area contributed by atoms with E-state index in [9.17, 15) is 4.79 Å². The fourth-order valence-electron chi connectivity index (χ4n) is 10.3. The lowest BCUT2D eigenvalue weighted by Gasteiger charge is -2.12. The second-order valence-corrected chi connectivity index (χ2v) is 19.9. The van der Waals surface area contributed by atoms with Crippen molar-refractivity contribution in [2.45, 2.75) is 25.7 Å². The van der Waals surface area contributed by atoms with E-state index in [1.54, 1.807) is 0 Å². The molecule has 12 nitrogen and oxygen atoms in total. The second kappa shape index (κ2) is 29.4. The first-order valence-electron chi connectivity index (χ1n) is 28.4. The van der Waals surface area contributed by atoms with Gasteiger partial charge in [-0.15, -0.1) is 0 Å². The SMILES string of the molecule is C[n+]1c2ccccc2c(-c2ccc(OCCOCCOCCOc3ccc(CCCOC(=O)CCc4ccc(OCCOCCOCCOc5ccc(-c6c7ccccc7[n+](C)c7ccccc67)cc5)cc4)cc3)cc2)c2ccccc21. The van der Waals surface area contributed by atoms with Crippen LogP contribution >= 0.6 is 0 Å². The Kier molecular flexibility index (Phi) is 20.4. The molecule has 0 atom stereocenters. The highest BCUT2D eigenvalue weighted by molar-refractivity contribution is 6.08. The van der Waals surface area contributed by atoms with Gasteiger partial charge < -0.3 is 42.6 Å². The van der Waals surface area contributed by atoms with Gasteiger partial charge >= 0.3 is 5.97 Å². The summed E-state index contributed by atoms with van der Waals surface area (Å²) in [5.74, 6) is 2.94. The molecule has 2 aromatic heterocycles. The van der Waals surface area contributed by atoms with Gasteiger partial charge in [0.1, 0.15) is 63.5 Å². The number of ether oxygens (including phenoxy) is 9. The van der Waals surface area contributed by atoms with Crippen LogP contribution in [0.15, 0.2) is 194 Å². The van der Waals surface area contributed by atoms with Gasteiger partial charge in [-0.05, 0) is 114 Å². The maximum Gasteiger partial charge on any atom is 0.306 e. The molecule has 0 N–H and O–H groups in total. The van der Waals surface area contributed by atoms with Crippen molar-refractivity contribution in [2.75, 3.05) is 85.9 Å². The van der Waals surface area contributed by atoms with Gasteiger partial charge in [-0.25, -0.2) is 0 Å². The van der Waals surface area contributed by atoms with Crippen molar-refractivity contribution < 1.29 is 56.6 Å². The van der Waals surface area contributed by atoms with Crippen LogP contribution in [0.2, 0.25) is 0 Å². The average Bonchev–Trinajstić information content (AvgIpc) is 3.72. The van der Waals surface area contributed by atoms with Crippen LogP contribution in [0.4, 0.5) is 0 Å². The number of carbonyl (C=O) groups is 1. The van der Waals surface area contributed by atoms with Crippen LogP contribution in [0.3, 0.4) is 0 Å². The Balaban J connectivity index is 0.509. The highest BCUT2D eigenvalue weighted by Gasteiger charge is 2.20. The van der Waals surface area contributed by atoms with Crippen LogP contribution in [0.25, 0.3) is 65.9 Å². The van der Waals surface area contributed by atoms with E-state index in [1.807, 2.05) is 72.8 Å². The Morgan fingerprint density at radius 3 is 0.963 bits per heavy atom. The van der Waals surface area contributed by atoms with E-state index < -0.39 is 0 Å². The summed E-state index contributed by atoms with van der Waals surface area (Å²) in [6.45, 7) is 5.84. The minimum absolute atomic E-state index is 0.203. The first kappa shape index (κ1) is 56.9. The summed E-state index contributed by atoms with van der Waals surface area (Å²) < 4.78 is 56.6. The molecule has 0 saturated heterocycles. The summed E-state index contributed by atoms with van der Waals surface area (Å²) in [6, 6.07) is 66.5. The first-order chi connectivity index (χ1) is 40.5. The Morgan fingerprint density at radius 2 is 0.622 bits per heavy atom. The number of pyridine rings is 2. The zero-order chi connectivity index (χ0) is 56.1. The lowest BCUT2D eigenvalue weighted by molar-refractivity contribution is -0.617. The lowest BCUT2D eigenvalue weighted by atomic mass is 9.96. The fraction of sp³-hybridized carbons (Fsp3) is 0.271. The molecule has 10 aromatic rings. The van der Waals surface area contributed by atoms with Crippen LogP contribution < -0.4 is 28.1 Å². The fourth-order valence-corrected chi connectivity index (χ4v) is 10.3. The average molecular weight is 1100 g/mol. The van der Waals surface area contributed by atoms with E-state index in [-0.39, 0.29) is 5.97 Å². The third-order valence-electron chi connectivity index (χ3n) is 14.5. The molecule has 0 radical (unpaired) electrons. The molecule has 0 amide bonds. The number of rotatable bonds is 31. The van der Waals surface area contributed by atoms with E-state index in [2.05, 4.69) is 145 Å². The van der Waals surface area contributed by atoms with E-state index in [4.69, 9.17) is 42.6 Å². The molecule has 10 rings (SSSR count). The summed E-state index contributed by atoms with van der Waals surface area (Å²) in [4.78, 5) is 12.5. The molecule has 0 spiro atoms. The Hall–Kier alpha value is -8.39. The number of benzene rings is 8. The molecule has 2 heterocycles. The number of fused-ring (bicyclic) bond motifs is 4. The van der Waals surface area contributed by atoms with E-state index in [1.165, 1.54) is 54.7 Å². The first-order valence-corrected chi connectivity index (χ1v) is 28.4. The molecule has 0 aliphatic heterocycles. The monoisotopic (exact) mass is 1100 g/mol. The molecule has 420 valence electrons. The van der Waals surface area contributed by atoms with Crippen molar-refractivity contribution in [1.82, 2.24) is 0 Å². The predicted octanol–water partition coefficient (Wildman–Crippen LogP) is 12.4. The summed E-state index contributed by atoms with van der Waals surface area (Å²) >= 11 is 0. The van der Waals surface area contributed by atoms with Gasteiger partial charge in [0.05, 0.1) is 81.0 Å². The van der Waals surface area contributed by atoms with Crippen molar-refractivity contribution in [3.05, 3.63) is 205 Å². The molecule has 0 fully saturated rings. The molecule has 8 aromatic carbocycles. The molecule has 0 aliphatic carbocycles. The zero-order valence-corrected chi connectivity index (χ0v) is 47.0. The zero-order valence-electron chi connectivity index (χ0n) is 47.0. The minimum atomic E-state index is -0.203. The standard InChI is InChI=1S/C70H72N2O10/c1-71-64-17-7-3-13-60(64)69(61-14-4-8-18-65(61)71)54-26-34-58(35-27-54)80-50-46-76-42-40-74-44-48-78-56-30-21-52(22-31-56)12-11-39-82-68(73)38-25-53-23-32-57(33-24-53)79-49-45-75-41-43-77-47-51-81-59-36-28-55(29-37-59)70-62-15-5-9-19-66(62)72(2)67-20-10-6-16-63(67)70/h3-10,13-24,26-37H,11-12,25,38-51H2,1-2H3/q+2. The second-order valence-electron chi connectivity index (χ2n) is 19.9. The van der Waals surface area contributed by atoms with Crippen LogP contribution in [-0.2, 0) is 55.4 Å². The molecule has 0 saturated carbocycles. The van der Waals surface area contributed by atoms with Crippen LogP contribution in [0.5, 0.6) is 23.0 Å². The van der Waals surface area contributed by atoms with E-state index >= 15 is 0 Å². The highest BCUT2D eigenvalue weighted by Crippen LogP contribution is 2.36. The largest absolute Gasteiger partial charge is 0.491 e. The summed E-state index contributed by atoms with van der Waals surface area (Å²) in [6.07, 6.45) is 2.46. The van der Waals surface area contributed by atoms with Gasteiger partial charge in [0.15, 0.2) is 0 Å². The lowest BCUT2D eigenvalue weighted by Crippen LogP contribution is -2.30. The molecule has 12 heteroatoms. The third kappa shape index (κ3) is 15.1. The van der Waals surface area contributed by atoms with E-state index in [0.29, 0.717) is 98.7 Å². The van der Waals surface area contributed by atoms with Crippen molar-refractivity contribution in [1.29, 1.82) is 0 Å². The molecule has 0 aliphatic rings. The topological polar surface area (TPSA) is 108 Å². The van der Waals surface area contributed by atoms with Crippen molar-refractivity contribution >= 4 is 49.6 Å². The van der Waals surface area contributed by atoms with Gasteiger partial charge in [0, 0.05) is 41.8 Å². The van der Waals surface area contributed by atoms with Gasteiger partial charge in [-0.1, -0.05) is 97.1 Å². The molecular weight excluding hydrogens is 1030 g/mol. The quantitative estimate of drug-likeness (QED) is 0.0180. The number of aryl methyl sites for hydroxylation is 4. The number of carbonyl (C=O) groups excluding carboxylic acids is 1. The Bertz CT molecular complexity index is 3530. The highest BCUT2D eigenvalue weighted by atomic mass is 16.6. The summed E-state index contributed by atoms with van der Waals surface area (Å²) in [7, 11) is 4.24. The van der Waals surface area contributed by atoms with Gasteiger partial charge in [0.25, 0.3) is 0 Å². The molecular formula is C70H72N2O10+2. The van der Waals surface area contributed by atoms with Crippen LogP contribution in [-0.4, -0.2) is 91.9 Å². The van der Waals surface area contributed by atoms with Gasteiger partial charge in [-0.2, -0.15) is 9.13 Å². The smallest absolute Gasteiger partial charge is 0.306 e. The van der Waals surface area contributed by atoms with E-state index in [0.717, 1.165) is 58.1 Å². The summed E-state index contributed by atoms with van der Waals surface area (Å²) in [5, 5.41) is 4.87. The maximum atomic E-state index is 12.5. The number of para-hydroxylation sites is 4. The van der Waals surface area contributed by atoms with Crippen molar-refractivity contribution in [3.8, 4) is 45.3 Å². The van der Waals surface area contributed by atoms with Gasteiger partial charge in [-0.3, -0.25) is 4.79 Å². The molecule has 0 bridgehead atoms. The predicted molar refractivity (Wildman–Crippen MR) is 322 cm³/mol. The van der Waals surface area contributed by atoms with Gasteiger partial charge in [0.2, 0.25) is 22.1 Å². The Morgan fingerprint density at radius 1 is 0.329 bits per heavy atom. The van der Waals surface area contributed by atoms with Crippen molar-refractivity contribution in [2.24, 2.45) is 14.1 Å². The summed E-state index contributed by atoms with van der Waals surface area (Å²) in [5.41, 5.74) is 11.7. The van der Waals surface area contributed by atoms with Crippen LogP contribution in [0, 0.1) is 0 Å². The molecule has 0 unspecified atom stereocenters. The normalized spacial score (nSPS) is 11.4. The molecule has 82 heavy (non-hydrogen) atoms. The minimum Gasteiger partial charge on any atom is -0.491 e. The third-order valence-corrected chi connectivity index (χ3v) is 14.5. The Labute approximate surface area is 480 Å². The van der Waals surface area contributed by atoms with Crippen LogP contribution in [0.1, 0.15) is 24.0 Å². The number of aromatic nitrogens is 2. The number of esters is 1. The van der Waals surface area contributed by atoms with Crippen molar-refractivity contribution in [3.63, 3.8) is 0 Å².